The second-order valence-electron chi connectivity index (χ2n) is 3.60. The second kappa shape index (κ2) is 5.72. The summed E-state index contributed by atoms with van der Waals surface area (Å²) in [5, 5.41) is 0. The smallest absolute Gasteiger partial charge is 0.411 e. The molecule has 100 valence electrons. The van der Waals surface area contributed by atoms with Gasteiger partial charge in [-0.15, -0.1) is 0 Å². The maximum Gasteiger partial charge on any atom is 0.411 e. The number of alkyl halides is 3. The SMILES string of the molecule is Cc1ccc(N)c(C(=O)OCOCC(F)(F)F)c1. The fraction of sp³-hybridized carbons (Fsp3) is 0.364. The van der Waals surface area contributed by atoms with Gasteiger partial charge < -0.3 is 15.2 Å². The highest BCUT2D eigenvalue weighted by Gasteiger charge is 2.27. The van der Waals surface area contributed by atoms with E-state index < -0.39 is 25.5 Å². The molecule has 0 heterocycles. The number of anilines is 1. The predicted molar refractivity (Wildman–Crippen MR) is 57.9 cm³/mol. The number of benzene rings is 1. The maximum atomic E-state index is 11.7. The van der Waals surface area contributed by atoms with Crippen molar-refractivity contribution in [2.75, 3.05) is 19.1 Å². The Morgan fingerprint density at radius 1 is 1.39 bits per heavy atom. The molecule has 0 fully saturated rings. The summed E-state index contributed by atoms with van der Waals surface area (Å²) in [4.78, 5) is 11.5. The molecule has 0 saturated heterocycles. The first-order chi connectivity index (χ1) is 8.29. The van der Waals surface area contributed by atoms with Gasteiger partial charge in [-0.25, -0.2) is 4.79 Å². The Hall–Kier alpha value is -1.76. The van der Waals surface area contributed by atoms with Crippen LogP contribution in [-0.2, 0) is 9.47 Å². The van der Waals surface area contributed by atoms with Crippen LogP contribution in [0.15, 0.2) is 18.2 Å². The summed E-state index contributed by atoms with van der Waals surface area (Å²) in [6.45, 7) is -0.494. The van der Waals surface area contributed by atoms with Gasteiger partial charge in [-0.05, 0) is 19.1 Å². The number of nitrogens with two attached hydrogens (primary N) is 1. The van der Waals surface area contributed by atoms with Gasteiger partial charge in [0.15, 0.2) is 6.79 Å². The van der Waals surface area contributed by atoms with Gasteiger partial charge in [0.05, 0.1) is 5.56 Å². The Kier molecular flexibility index (Phi) is 4.55. The van der Waals surface area contributed by atoms with Crippen molar-refractivity contribution >= 4 is 11.7 Å². The normalized spacial score (nSPS) is 11.3. The van der Waals surface area contributed by atoms with E-state index in [1.165, 1.54) is 12.1 Å². The van der Waals surface area contributed by atoms with Crippen LogP contribution in [0.5, 0.6) is 0 Å². The van der Waals surface area contributed by atoms with Crippen molar-refractivity contribution in [2.45, 2.75) is 13.1 Å². The third kappa shape index (κ3) is 4.62. The summed E-state index contributed by atoms with van der Waals surface area (Å²) in [6, 6.07) is 4.70. The average Bonchev–Trinajstić information content (AvgIpc) is 2.26. The molecule has 1 aromatic carbocycles. The molecule has 1 aromatic rings. The molecule has 0 aliphatic rings. The molecular weight excluding hydrogens is 251 g/mol. The summed E-state index contributed by atoms with van der Waals surface area (Å²) >= 11 is 0. The van der Waals surface area contributed by atoms with Gasteiger partial charge in [0.2, 0.25) is 0 Å². The van der Waals surface area contributed by atoms with Crippen molar-refractivity contribution in [3.8, 4) is 0 Å². The number of esters is 1. The van der Waals surface area contributed by atoms with E-state index in [4.69, 9.17) is 5.73 Å². The van der Waals surface area contributed by atoms with E-state index in [2.05, 4.69) is 9.47 Å². The number of carbonyl (C=O) groups is 1. The molecule has 0 aromatic heterocycles. The van der Waals surface area contributed by atoms with Gasteiger partial charge in [-0.3, -0.25) is 0 Å². The number of carbonyl (C=O) groups excluding carboxylic acids is 1. The van der Waals surface area contributed by atoms with E-state index in [0.717, 1.165) is 5.56 Å². The summed E-state index contributed by atoms with van der Waals surface area (Å²) in [6.07, 6.45) is -4.45. The van der Waals surface area contributed by atoms with E-state index in [9.17, 15) is 18.0 Å². The number of nitrogen functional groups attached to an aromatic ring is 1. The van der Waals surface area contributed by atoms with Crippen molar-refractivity contribution in [2.24, 2.45) is 0 Å². The van der Waals surface area contributed by atoms with E-state index in [1.807, 2.05) is 0 Å². The van der Waals surface area contributed by atoms with Crippen LogP contribution in [0.2, 0.25) is 0 Å². The van der Waals surface area contributed by atoms with Gasteiger partial charge in [0.1, 0.15) is 6.61 Å². The lowest BCUT2D eigenvalue weighted by Gasteiger charge is -2.09. The molecule has 2 N–H and O–H groups in total. The largest absolute Gasteiger partial charge is 0.435 e. The number of halogens is 3. The lowest BCUT2D eigenvalue weighted by molar-refractivity contribution is -0.190. The molecule has 0 spiro atoms. The Balaban J connectivity index is 2.48. The molecule has 0 atom stereocenters. The monoisotopic (exact) mass is 263 g/mol. The summed E-state index contributed by atoms with van der Waals surface area (Å²) < 4.78 is 43.9. The van der Waals surface area contributed by atoms with Gasteiger partial charge in [0.25, 0.3) is 0 Å². The zero-order chi connectivity index (χ0) is 13.8. The topological polar surface area (TPSA) is 61.6 Å². The highest BCUT2D eigenvalue weighted by atomic mass is 19.4. The van der Waals surface area contributed by atoms with Crippen LogP contribution in [0.3, 0.4) is 0 Å². The van der Waals surface area contributed by atoms with Crippen LogP contribution in [0.1, 0.15) is 15.9 Å². The first-order valence-corrected chi connectivity index (χ1v) is 4.97. The minimum atomic E-state index is -4.45. The standard InChI is InChI=1S/C11H12F3NO3/c1-7-2-3-9(15)8(4-7)10(16)18-6-17-5-11(12,13)14/h2-4H,5-6,15H2,1H3. The summed E-state index contributed by atoms with van der Waals surface area (Å²) in [5.41, 5.74) is 6.62. The van der Waals surface area contributed by atoms with Gasteiger partial charge in [0, 0.05) is 5.69 Å². The predicted octanol–water partition coefficient (Wildman–Crippen LogP) is 2.27. The number of rotatable bonds is 4. The maximum absolute atomic E-state index is 11.7. The number of hydrogen-bond acceptors (Lipinski definition) is 4. The van der Waals surface area contributed by atoms with Crippen molar-refractivity contribution < 1.29 is 27.4 Å². The highest BCUT2D eigenvalue weighted by molar-refractivity contribution is 5.95. The van der Waals surface area contributed by atoms with Crippen LogP contribution < -0.4 is 5.73 Å². The Morgan fingerprint density at radius 2 is 2.06 bits per heavy atom. The lowest BCUT2D eigenvalue weighted by atomic mass is 10.1. The Morgan fingerprint density at radius 3 is 2.67 bits per heavy atom. The van der Waals surface area contributed by atoms with Crippen LogP contribution in [0.25, 0.3) is 0 Å². The van der Waals surface area contributed by atoms with Crippen LogP contribution in [0.4, 0.5) is 18.9 Å². The first kappa shape index (κ1) is 14.3. The van der Waals surface area contributed by atoms with Gasteiger partial charge in [-0.2, -0.15) is 13.2 Å². The third-order valence-electron chi connectivity index (χ3n) is 1.97. The fourth-order valence-corrected chi connectivity index (χ4v) is 1.18. The van der Waals surface area contributed by atoms with E-state index in [-0.39, 0.29) is 11.3 Å². The molecule has 7 heteroatoms. The Labute approximate surface area is 101 Å². The molecule has 0 radical (unpaired) electrons. The minimum Gasteiger partial charge on any atom is -0.435 e. The van der Waals surface area contributed by atoms with E-state index in [1.54, 1.807) is 13.0 Å². The first-order valence-electron chi connectivity index (χ1n) is 4.97. The van der Waals surface area contributed by atoms with Crippen molar-refractivity contribution in [1.29, 1.82) is 0 Å². The quantitative estimate of drug-likeness (QED) is 0.392. The lowest BCUT2D eigenvalue weighted by Crippen LogP contribution is -2.19. The van der Waals surface area contributed by atoms with Gasteiger partial charge in [-0.1, -0.05) is 11.6 Å². The number of ether oxygens (including phenoxy) is 2. The van der Waals surface area contributed by atoms with Crippen molar-refractivity contribution in [3.63, 3.8) is 0 Å². The molecule has 1 rings (SSSR count). The third-order valence-corrected chi connectivity index (χ3v) is 1.97. The average molecular weight is 263 g/mol. The molecule has 0 saturated carbocycles. The van der Waals surface area contributed by atoms with Crippen molar-refractivity contribution in [3.05, 3.63) is 29.3 Å². The molecule has 4 nitrogen and oxygen atoms in total. The molecule has 0 amide bonds. The molecule has 18 heavy (non-hydrogen) atoms. The summed E-state index contributed by atoms with van der Waals surface area (Å²) in [5.74, 6) is -0.821. The zero-order valence-corrected chi connectivity index (χ0v) is 9.58. The van der Waals surface area contributed by atoms with Gasteiger partial charge >= 0.3 is 12.1 Å². The molecule has 0 bridgehead atoms. The molecular formula is C11H12F3NO3. The van der Waals surface area contributed by atoms with E-state index >= 15 is 0 Å². The minimum absolute atomic E-state index is 0.102. The van der Waals surface area contributed by atoms with E-state index in [0.29, 0.717) is 0 Å². The molecule has 0 aliphatic carbocycles. The molecule has 0 aliphatic heterocycles. The second-order valence-corrected chi connectivity index (χ2v) is 3.60. The molecule has 0 unspecified atom stereocenters. The van der Waals surface area contributed by atoms with Crippen LogP contribution in [0, 0.1) is 6.92 Å². The highest BCUT2D eigenvalue weighted by Crippen LogP contribution is 2.16. The van der Waals surface area contributed by atoms with Crippen LogP contribution in [-0.4, -0.2) is 25.5 Å². The van der Waals surface area contributed by atoms with Crippen LogP contribution >= 0.6 is 0 Å². The Bertz CT molecular complexity index is 432. The zero-order valence-electron chi connectivity index (χ0n) is 9.58. The summed E-state index contributed by atoms with van der Waals surface area (Å²) in [7, 11) is 0. The number of hydrogen-bond donors (Lipinski definition) is 1. The number of aryl methyl sites for hydroxylation is 1. The fourth-order valence-electron chi connectivity index (χ4n) is 1.18. The van der Waals surface area contributed by atoms with Crippen molar-refractivity contribution in [1.82, 2.24) is 0 Å².